The maximum absolute atomic E-state index is 13.9. The van der Waals surface area contributed by atoms with Gasteiger partial charge >= 0.3 is 0 Å². The predicted molar refractivity (Wildman–Crippen MR) is 98.6 cm³/mol. The smallest absolute Gasteiger partial charge is 0.258 e. The van der Waals surface area contributed by atoms with E-state index in [1.165, 1.54) is 19.2 Å². The van der Waals surface area contributed by atoms with Crippen LogP contribution in [0.3, 0.4) is 0 Å². The van der Waals surface area contributed by atoms with Crippen molar-refractivity contribution in [3.05, 3.63) is 52.8 Å². The second-order valence-electron chi connectivity index (χ2n) is 5.97. The molecule has 0 saturated carbocycles. The number of carbonyl (C=O) groups excluding carboxylic acids is 2. The monoisotopic (exact) mass is 376 g/mol. The molecule has 1 fully saturated rings. The van der Waals surface area contributed by atoms with E-state index in [0.29, 0.717) is 30.1 Å². The fourth-order valence-electron chi connectivity index (χ4n) is 2.91. The van der Waals surface area contributed by atoms with E-state index < -0.39 is 11.7 Å². The Morgan fingerprint density at radius 2 is 2.04 bits per heavy atom. The van der Waals surface area contributed by atoms with Gasteiger partial charge in [0.15, 0.2) is 0 Å². The Bertz CT molecular complexity index is 857. The molecule has 0 spiro atoms. The molecule has 1 saturated heterocycles. The summed E-state index contributed by atoms with van der Waals surface area (Å²) in [4.78, 5) is 26.2. The number of hydrogen-bond acceptors (Lipinski definition) is 3. The van der Waals surface area contributed by atoms with Crippen molar-refractivity contribution < 1.29 is 18.7 Å². The molecule has 2 aromatic carbocycles. The van der Waals surface area contributed by atoms with E-state index in [9.17, 15) is 14.0 Å². The largest absolute Gasteiger partial charge is 0.495 e. The molecule has 0 bridgehead atoms. The van der Waals surface area contributed by atoms with E-state index in [1.54, 1.807) is 23.1 Å². The molecule has 2 aromatic rings. The number of nitrogens with zero attached hydrogens (tertiary/aromatic N) is 1. The first-order valence-electron chi connectivity index (χ1n) is 8.24. The van der Waals surface area contributed by atoms with Crippen LogP contribution in [0.4, 0.5) is 15.8 Å². The number of halogens is 2. The van der Waals surface area contributed by atoms with Crippen LogP contribution in [0.1, 0.15) is 29.6 Å². The van der Waals surface area contributed by atoms with Crippen LogP contribution in [-0.4, -0.2) is 25.5 Å². The van der Waals surface area contributed by atoms with E-state index in [4.69, 9.17) is 16.3 Å². The Kier molecular flexibility index (Phi) is 5.42. The number of ether oxygens (including phenoxy) is 1. The zero-order valence-electron chi connectivity index (χ0n) is 14.2. The molecule has 1 heterocycles. The van der Waals surface area contributed by atoms with Crippen molar-refractivity contribution in [2.45, 2.75) is 19.3 Å². The maximum atomic E-state index is 13.9. The highest BCUT2D eigenvalue weighted by molar-refractivity contribution is 6.31. The van der Waals surface area contributed by atoms with Crippen molar-refractivity contribution in [3.63, 3.8) is 0 Å². The van der Waals surface area contributed by atoms with E-state index in [1.807, 2.05) is 0 Å². The quantitative estimate of drug-likeness (QED) is 0.867. The molecule has 0 aromatic heterocycles. The molecule has 1 aliphatic rings. The van der Waals surface area contributed by atoms with E-state index >= 15 is 0 Å². The van der Waals surface area contributed by atoms with Crippen LogP contribution in [-0.2, 0) is 4.79 Å². The molecule has 3 rings (SSSR count). The number of nitrogens with one attached hydrogen (secondary N) is 1. The van der Waals surface area contributed by atoms with Crippen LogP contribution in [0.5, 0.6) is 5.75 Å². The van der Waals surface area contributed by atoms with Crippen LogP contribution in [0.15, 0.2) is 36.4 Å². The van der Waals surface area contributed by atoms with Gasteiger partial charge in [0.1, 0.15) is 11.6 Å². The number of piperidine rings is 1. The Labute approximate surface area is 155 Å². The first kappa shape index (κ1) is 18.2. The fraction of sp³-hybridized carbons (Fsp3) is 0.263. The highest BCUT2D eigenvalue weighted by Crippen LogP contribution is 2.33. The average Bonchev–Trinajstić information content (AvgIpc) is 2.64. The van der Waals surface area contributed by atoms with Gasteiger partial charge in [0.05, 0.1) is 18.4 Å². The Hall–Kier alpha value is -2.60. The van der Waals surface area contributed by atoms with Gasteiger partial charge in [0.2, 0.25) is 5.91 Å². The average molecular weight is 377 g/mol. The third kappa shape index (κ3) is 3.80. The molecule has 1 aliphatic heterocycles. The summed E-state index contributed by atoms with van der Waals surface area (Å²) in [6.07, 6.45) is 2.24. The summed E-state index contributed by atoms with van der Waals surface area (Å²) in [6.45, 7) is 0.593. The minimum Gasteiger partial charge on any atom is -0.495 e. The van der Waals surface area contributed by atoms with Gasteiger partial charge in [-0.1, -0.05) is 11.6 Å². The van der Waals surface area contributed by atoms with Crippen molar-refractivity contribution in [2.75, 3.05) is 23.9 Å². The van der Waals surface area contributed by atoms with Gasteiger partial charge in [-0.25, -0.2) is 4.39 Å². The lowest BCUT2D eigenvalue weighted by molar-refractivity contribution is -0.119. The van der Waals surface area contributed by atoms with Crippen molar-refractivity contribution in [3.8, 4) is 5.75 Å². The van der Waals surface area contributed by atoms with Crippen LogP contribution in [0, 0.1) is 5.82 Å². The van der Waals surface area contributed by atoms with Gasteiger partial charge < -0.3 is 15.0 Å². The number of anilines is 2. The van der Waals surface area contributed by atoms with Gasteiger partial charge in [-0.2, -0.15) is 0 Å². The highest BCUT2D eigenvalue weighted by Gasteiger charge is 2.23. The molecule has 1 N–H and O–H groups in total. The van der Waals surface area contributed by atoms with Crippen LogP contribution in [0.2, 0.25) is 5.02 Å². The van der Waals surface area contributed by atoms with E-state index in [2.05, 4.69) is 5.32 Å². The third-order valence-corrected chi connectivity index (χ3v) is 4.46. The molecule has 26 heavy (non-hydrogen) atoms. The van der Waals surface area contributed by atoms with Crippen molar-refractivity contribution in [1.29, 1.82) is 0 Å². The lowest BCUT2D eigenvalue weighted by atomic mass is 10.1. The number of rotatable bonds is 4. The summed E-state index contributed by atoms with van der Waals surface area (Å²) in [6, 6.07) is 8.75. The number of methoxy groups -OCH3 is 1. The van der Waals surface area contributed by atoms with Crippen LogP contribution < -0.4 is 15.0 Å². The van der Waals surface area contributed by atoms with Gasteiger partial charge in [-0.3, -0.25) is 9.59 Å². The van der Waals surface area contributed by atoms with Crippen molar-refractivity contribution >= 4 is 34.8 Å². The summed E-state index contributed by atoms with van der Waals surface area (Å²) in [7, 11) is 1.52. The fourth-order valence-corrected chi connectivity index (χ4v) is 3.08. The zero-order chi connectivity index (χ0) is 18.7. The van der Waals surface area contributed by atoms with Crippen LogP contribution >= 0.6 is 11.6 Å². The lowest BCUT2D eigenvalue weighted by Crippen LogP contribution is -2.35. The first-order chi connectivity index (χ1) is 12.5. The third-order valence-electron chi connectivity index (χ3n) is 4.22. The topological polar surface area (TPSA) is 58.6 Å². The second kappa shape index (κ2) is 7.74. The molecule has 0 aliphatic carbocycles. The molecule has 5 nitrogen and oxygen atoms in total. The minimum atomic E-state index is -0.660. The van der Waals surface area contributed by atoms with Gasteiger partial charge in [-0.05, 0) is 49.2 Å². The number of carbonyl (C=O) groups is 2. The lowest BCUT2D eigenvalue weighted by Gasteiger charge is -2.28. The Morgan fingerprint density at radius 1 is 1.23 bits per heavy atom. The number of amides is 2. The Morgan fingerprint density at radius 3 is 2.77 bits per heavy atom. The highest BCUT2D eigenvalue weighted by atomic mass is 35.5. The second-order valence-corrected chi connectivity index (χ2v) is 6.40. The molecule has 0 unspecified atom stereocenters. The normalized spacial score (nSPS) is 14.3. The standard InChI is InChI=1S/C19H18ClFN2O3/c1-26-17-8-6-13(11-16(17)23-9-3-2-4-18(23)24)22-19(25)14-10-12(20)5-7-15(14)21/h5-8,10-11H,2-4,9H2,1H3,(H,22,25). The summed E-state index contributed by atoms with van der Waals surface area (Å²) in [5.74, 6) is -0.732. The van der Waals surface area contributed by atoms with Crippen LogP contribution in [0.25, 0.3) is 0 Å². The van der Waals surface area contributed by atoms with Crippen molar-refractivity contribution in [2.24, 2.45) is 0 Å². The maximum Gasteiger partial charge on any atom is 0.258 e. The van der Waals surface area contributed by atoms with Gasteiger partial charge in [0, 0.05) is 23.7 Å². The molecule has 0 radical (unpaired) electrons. The molecule has 0 atom stereocenters. The molecule has 136 valence electrons. The number of benzene rings is 2. The first-order valence-corrected chi connectivity index (χ1v) is 8.62. The SMILES string of the molecule is COc1ccc(NC(=O)c2cc(Cl)ccc2F)cc1N1CCCCC1=O. The molecular weight excluding hydrogens is 359 g/mol. The number of hydrogen-bond donors (Lipinski definition) is 1. The molecule has 7 heteroatoms. The predicted octanol–water partition coefficient (Wildman–Crippen LogP) is 4.26. The summed E-state index contributed by atoms with van der Waals surface area (Å²) in [5, 5.41) is 2.91. The van der Waals surface area contributed by atoms with Gasteiger partial charge in [0.25, 0.3) is 5.91 Å². The Balaban J connectivity index is 1.89. The van der Waals surface area contributed by atoms with E-state index in [0.717, 1.165) is 18.9 Å². The summed E-state index contributed by atoms with van der Waals surface area (Å²) < 4.78 is 19.2. The molecular formula is C19H18ClFN2O3. The van der Waals surface area contributed by atoms with E-state index in [-0.39, 0.29) is 16.5 Å². The van der Waals surface area contributed by atoms with Crippen molar-refractivity contribution in [1.82, 2.24) is 0 Å². The molecule has 2 amide bonds. The minimum absolute atomic E-state index is 0.0129. The zero-order valence-corrected chi connectivity index (χ0v) is 15.0. The summed E-state index contributed by atoms with van der Waals surface area (Å²) >= 11 is 5.84. The summed E-state index contributed by atoms with van der Waals surface area (Å²) in [5.41, 5.74) is 0.869. The van der Waals surface area contributed by atoms with Gasteiger partial charge in [-0.15, -0.1) is 0 Å².